The Labute approximate surface area is 123 Å². The van der Waals surface area contributed by atoms with Crippen LogP contribution in [0.1, 0.15) is 25.3 Å². The molecule has 0 saturated heterocycles. The number of anilines is 1. The van der Waals surface area contributed by atoms with Crippen LogP contribution in [0.5, 0.6) is 0 Å². The summed E-state index contributed by atoms with van der Waals surface area (Å²) in [4.78, 5) is 2.10. The largest absolute Gasteiger partial charge is 0.378 e. The number of rotatable bonds is 6. The van der Waals surface area contributed by atoms with Gasteiger partial charge in [-0.15, -0.1) is 12.4 Å². The lowest BCUT2D eigenvalue weighted by Crippen LogP contribution is -2.16. The summed E-state index contributed by atoms with van der Waals surface area (Å²) in [6, 6.07) is 8.77. The molecule has 0 fully saturated rings. The molecular weight excluding hydrogens is 256 g/mol. The second-order valence-corrected chi connectivity index (χ2v) is 4.68. The molecular formula is C16H25ClN2. The van der Waals surface area contributed by atoms with E-state index in [1.54, 1.807) is 0 Å². The first-order valence-corrected chi connectivity index (χ1v) is 6.49. The highest BCUT2D eigenvalue weighted by atomic mass is 35.5. The summed E-state index contributed by atoms with van der Waals surface area (Å²) in [6.45, 7) is 2.11. The zero-order chi connectivity index (χ0) is 13.4. The van der Waals surface area contributed by atoms with Crippen molar-refractivity contribution in [2.75, 3.05) is 19.0 Å². The Hall–Kier alpha value is -1.25. The van der Waals surface area contributed by atoms with E-state index in [2.05, 4.69) is 60.4 Å². The maximum atomic E-state index is 5.83. The molecule has 3 heteroatoms. The fraction of sp³-hybridized carbons (Fsp3) is 0.375. The molecule has 0 radical (unpaired) electrons. The van der Waals surface area contributed by atoms with E-state index < -0.39 is 0 Å². The van der Waals surface area contributed by atoms with Crippen molar-refractivity contribution in [2.24, 2.45) is 5.73 Å². The molecule has 1 rings (SSSR count). The Morgan fingerprint density at radius 1 is 1.16 bits per heavy atom. The number of allylic oxidation sites excluding steroid dienone is 2. The van der Waals surface area contributed by atoms with Gasteiger partial charge < -0.3 is 10.6 Å². The predicted molar refractivity (Wildman–Crippen MR) is 89.1 cm³/mol. The second-order valence-electron chi connectivity index (χ2n) is 4.68. The molecule has 106 valence electrons. The van der Waals surface area contributed by atoms with Gasteiger partial charge >= 0.3 is 0 Å². The van der Waals surface area contributed by atoms with E-state index in [1.165, 1.54) is 11.3 Å². The number of halogens is 1. The van der Waals surface area contributed by atoms with Crippen LogP contribution in [-0.2, 0) is 0 Å². The summed E-state index contributed by atoms with van der Waals surface area (Å²) in [5, 5.41) is 0. The van der Waals surface area contributed by atoms with E-state index in [4.69, 9.17) is 5.73 Å². The summed E-state index contributed by atoms with van der Waals surface area (Å²) < 4.78 is 0. The van der Waals surface area contributed by atoms with Gasteiger partial charge in [-0.3, -0.25) is 0 Å². The van der Waals surface area contributed by atoms with Crippen LogP contribution < -0.4 is 10.6 Å². The van der Waals surface area contributed by atoms with E-state index in [1.807, 2.05) is 14.1 Å². The van der Waals surface area contributed by atoms with Gasteiger partial charge in [-0.05, 0) is 30.5 Å². The van der Waals surface area contributed by atoms with E-state index in [9.17, 15) is 0 Å². The summed E-state index contributed by atoms with van der Waals surface area (Å²) in [6.07, 6.45) is 10.3. The first-order valence-electron chi connectivity index (χ1n) is 6.49. The van der Waals surface area contributed by atoms with Crippen molar-refractivity contribution in [1.29, 1.82) is 0 Å². The number of nitrogens with zero attached hydrogens (tertiary/aromatic N) is 1. The molecule has 1 aromatic carbocycles. The van der Waals surface area contributed by atoms with Gasteiger partial charge in [0, 0.05) is 25.8 Å². The van der Waals surface area contributed by atoms with Crippen LogP contribution in [0.25, 0.3) is 6.08 Å². The normalized spacial score (nSPS) is 12.6. The summed E-state index contributed by atoms with van der Waals surface area (Å²) in [5.41, 5.74) is 8.26. The first kappa shape index (κ1) is 17.8. The van der Waals surface area contributed by atoms with Crippen LogP contribution in [0.2, 0.25) is 0 Å². The SMILES string of the molecule is CCC(N)C/C=C/C=C/c1ccc(N(C)C)cc1.Cl. The predicted octanol–water partition coefficient (Wildman–Crippen LogP) is 3.87. The molecule has 0 aliphatic heterocycles. The van der Waals surface area contributed by atoms with Crippen molar-refractivity contribution in [2.45, 2.75) is 25.8 Å². The van der Waals surface area contributed by atoms with E-state index in [0.717, 1.165) is 12.8 Å². The zero-order valence-corrected chi connectivity index (χ0v) is 12.9. The lowest BCUT2D eigenvalue weighted by Gasteiger charge is -2.11. The number of hydrogen-bond acceptors (Lipinski definition) is 2. The molecule has 19 heavy (non-hydrogen) atoms. The van der Waals surface area contributed by atoms with Crippen LogP contribution in [-0.4, -0.2) is 20.1 Å². The van der Waals surface area contributed by atoms with Crippen LogP contribution in [0.15, 0.2) is 42.5 Å². The maximum Gasteiger partial charge on any atom is 0.0361 e. The van der Waals surface area contributed by atoms with Crippen LogP contribution in [0.4, 0.5) is 5.69 Å². The molecule has 0 aromatic heterocycles. The second kappa shape index (κ2) is 9.65. The van der Waals surface area contributed by atoms with E-state index in [0.29, 0.717) is 0 Å². The molecule has 0 aliphatic rings. The van der Waals surface area contributed by atoms with Crippen molar-refractivity contribution >= 4 is 24.2 Å². The number of hydrogen-bond donors (Lipinski definition) is 1. The Morgan fingerprint density at radius 2 is 1.79 bits per heavy atom. The lowest BCUT2D eigenvalue weighted by molar-refractivity contribution is 0.659. The molecule has 0 amide bonds. The summed E-state index contributed by atoms with van der Waals surface area (Å²) in [5.74, 6) is 0. The summed E-state index contributed by atoms with van der Waals surface area (Å²) >= 11 is 0. The molecule has 0 spiro atoms. The fourth-order valence-electron chi connectivity index (χ4n) is 1.55. The highest BCUT2D eigenvalue weighted by Gasteiger charge is 1.93. The maximum absolute atomic E-state index is 5.83. The quantitative estimate of drug-likeness (QED) is 0.802. The van der Waals surface area contributed by atoms with E-state index >= 15 is 0 Å². The Morgan fingerprint density at radius 3 is 2.32 bits per heavy atom. The van der Waals surface area contributed by atoms with Crippen LogP contribution in [0, 0.1) is 0 Å². The van der Waals surface area contributed by atoms with Crippen LogP contribution >= 0.6 is 12.4 Å². The molecule has 0 aliphatic carbocycles. The van der Waals surface area contributed by atoms with Crippen LogP contribution in [0.3, 0.4) is 0 Å². The van der Waals surface area contributed by atoms with Gasteiger partial charge in [-0.1, -0.05) is 43.4 Å². The molecule has 0 heterocycles. The Bertz CT molecular complexity index is 394. The average molecular weight is 281 g/mol. The minimum absolute atomic E-state index is 0. The third-order valence-electron chi connectivity index (χ3n) is 2.91. The number of nitrogens with two attached hydrogens (primary N) is 1. The molecule has 1 atom stereocenters. The minimum Gasteiger partial charge on any atom is -0.378 e. The van der Waals surface area contributed by atoms with Crippen molar-refractivity contribution < 1.29 is 0 Å². The third-order valence-corrected chi connectivity index (χ3v) is 2.91. The van der Waals surface area contributed by atoms with Gasteiger partial charge in [0.1, 0.15) is 0 Å². The van der Waals surface area contributed by atoms with Gasteiger partial charge in [-0.25, -0.2) is 0 Å². The van der Waals surface area contributed by atoms with Gasteiger partial charge in [0.05, 0.1) is 0 Å². The van der Waals surface area contributed by atoms with Crippen molar-refractivity contribution in [3.8, 4) is 0 Å². The van der Waals surface area contributed by atoms with Crippen molar-refractivity contribution in [1.82, 2.24) is 0 Å². The van der Waals surface area contributed by atoms with Gasteiger partial charge in [-0.2, -0.15) is 0 Å². The zero-order valence-electron chi connectivity index (χ0n) is 12.0. The molecule has 1 aromatic rings. The fourth-order valence-corrected chi connectivity index (χ4v) is 1.55. The number of benzene rings is 1. The van der Waals surface area contributed by atoms with E-state index in [-0.39, 0.29) is 18.4 Å². The van der Waals surface area contributed by atoms with Gasteiger partial charge in [0.15, 0.2) is 0 Å². The molecule has 0 bridgehead atoms. The van der Waals surface area contributed by atoms with Gasteiger partial charge in [0.25, 0.3) is 0 Å². The smallest absolute Gasteiger partial charge is 0.0361 e. The third kappa shape index (κ3) is 7.04. The molecule has 2 N–H and O–H groups in total. The Kier molecular flexibility index (Phi) is 9.02. The average Bonchev–Trinajstić information content (AvgIpc) is 2.38. The minimum atomic E-state index is 0. The topological polar surface area (TPSA) is 29.3 Å². The monoisotopic (exact) mass is 280 g/mol. The van der Waals surface area contributed by atoms with Gasteiger partial charge in [0.2, 0.25) is 0 Å². The summed E-state index contributed by atoms with van der Waals surface area (Å²) in [7, 11) is 4.09. The highest BCUT2D eigenvalue weighted by molar-refractivity contribution is 5.85. The van der Waals surface area contributed by atoms with Crippen molar-refractivity contribution in [3.05, 3.63) is 48.1 Å². The Balaban J connectivity index is 0.00000324. The molecule has 0 saturated carbocycles. The first-order chi connectivity index (χ1) is 8.63. The highest BCUT2D eigenvalue weighted by Crippen LogP contribution is 2.13. The molecule has 2 nitrogen and oxygen atoms in total. The standard InChI is InChI=1S/C16H24N2.ClH/c1-4-15(17)9-7-5-6-8-14-10-12-16(13-11-14)18(2)3;/h5-8,10-13,15H,4,9,17H2,1-3H3;1H/b7-5+,8-6+;. The molecule has 1 unspecified atom stereocenters. The van der Waals surface area contributed by atoms with Crippen molar-refractivity contribution in [3.63, 3.8) is 0 Å². The lowest BCUT2D eigenvalue weighted by atomic mass is 10.1.